The average Bonchev–Trinajstić information content (AvgIpc) is 3.82. The van der Waals surface area contributed by atoms with Gasteiger partial charge in [-0.15, -0.1) is 0 Å². The van der Waals surface area contributed by atoms with Gasteiger partial charge in [-0.3, -0.25) is 38.1 Å². The van der Waals surface area contributed by atoms with Gasteiger partial charge in [0.05, 0.1) is 22.9 Å². The average molecular weight is 801 g/mol. The molecule has 4 aliphatic rings. The van der Waals surface area contributed by atoms with Gasteiger partial charge in [0.25, 0.3) is 0 Å². The zero-order valence-electron chi connectivity index (χ0n) is 36.6. The molecule has 314 valence electrons. The number of fused-ring (bicyclic) bond motifs is 4. The normalized spacial score (nSPS) is 20.9. The summed E-state index contributed by atoms with van der Waals surface area (Å²) in [6, 6.07) is 13.0. The van der Waals surface area contributed by atoms with Crippen molar-refractivity contribution in [2.75, 3.05) is 52.4 Å². The fourth-order valence-electron chi connectivity index (χ4n) is 10.4. The largest absolute Gasteiger partial charge is 0.343 e. The first-order chi connectivity index (χ1) is 28.5. The monoisotopic (exact) mass is 800 g/mol. The lowest BCUT2D eigenvalue weighted by atomic mass is 9.79. The van der Waals surface area contributed by atoms with Crippen LogP contribution < -0.4 is 0 Å². The van der Waals surface area contributed by atoms with Crippen molar-refractivity contribution >= 4 is 56.6 Å². The molecule has 2 aliphatic carbocycles. The van der Waals surface area contributed by atoms with Gasteiger partial charge >= 0.3 is 0 Å². The Kier molecular flexibility index (Phi) is 12.8. The molecule has 2 aliphatic heterocycles. The van der Waals surface area contributed by atoms with Gasteiger partial charge in [0.2, 0.25) is 23.6 Å². The Morgan fingerprint density at radius 3 is 1.39 bits per heavy atom. The molecule has 10 nitrogen and oxygen atoms in total. The lowest BCUT2D eigenvalue weighted by molar-refractivity contribution is -0.135. The van der Waals surface area contributed by atoms with E-state index in [1.54, 1.807) is 23.0 Å². The van der Waals surface area contributed by atoms with Crippen LogP contribution in [0.1, 0.15) is 106 Å². The summed E-state index contributed by atoms with van der Waals surface area (Å²) in [7, 11) is 0. The van der Waals surface area contributed by atoms with Crippen molar-refractivity contribution in [3.63, 3.8) is 0 Å². The van der Waals surface area contributed by atoms with E-state index in [1.165, 1.54) is 44.2 Å². The number of carbonyl (C=O) groups excluding carboxylic acids is 4. The summed E-state index contributed by atoms with van der Waals surface area (Å²) >= 11 is 0. The van der Waals surface area contributed by atoms with Crippen LogP contribution >= 0.6 is 0 Å². The Morgan fingerprint density at radius 2 is 1.02 bits per heavy atom. The highest BCUT2D eigenvalue weighted by molar-refractivity contribution is 6.04. The minimum absolute atomic E-state index is 0.0391. The number of unbranched alkanes of at least 4 members (excludes halogenated alkanes) is 1. The lowest BCUT2D eigenvalue weighted by Crippen LogP contribution is -2.49. The van der Waals surface area contributed by atoms with Gasteiger partial charge in [-0.05, 0) is 112 Å². The summed E-state index contributed by atoms with van der Waals surface area (Å²) in [6.45, 7) is 22.3. The molecule has 0 spiro atoms. The van der Waals surface area contributed by atoms with Gasteiger partial charge < -0.3 is 9.80 Å². The molecule has 4 heterocycles. The van der Waals surface area contributed by atoms with Crippen LogP contribution in [0.15, 0.2) is 60.9 Å². The minimum Gasteiger partial charge on any atom is -0.343 e. The molecule has 10 heteroatoms. The van der Waals surface area contributed by atoms with Crippen LogP contribution in [0.25, 0.3) is 33.0 Å². The van der Waals surface area contributed by atoms with E-state index in [1.807, 2.05) is 74.2 Å². The number of hydrogen-bond donors (Lipinski definition) is 0. The first kappa shape index (κ1) is 42.3. The van der Waals surface area contributed by atoms with Crippen LogP contribution in [0.3, 0.4) is 0 Å². The van der Waals surface area contributed by atoms with Gasteiger partial charge in [0.15, 0.2) is 0 Å². The van der Waals surface area contributed by atoms with Crippen molar-refractivity contribution < 1.29 is 19.2 Å². The number of nitrogens with zero attached hydrogens (tertiary/aromatic N) is 6. The number of rotatable bonds is 11. The molecule has 0 N–H and O–H groups in total. The van der Waals surface area contributed by atoms with Crippen molar-refractivity contribution in [2.45, 2.75) is 99.6 Å². The Bertz CT molecular complexity index is 2300. The molecule has 2 aromatic carbocycles. The summed E-state index contributed by atoms with van der Waals surface area (Å²) in [6.07, 6.45) is 13.6. The molecule has 4 aromatic rings. The number of carbonyl (C=O) groups is 4. The summed E-state index contributed by atoms with van der Waals surface area (Å²) in [4.78, 5) is 59.7. The predicted octanol–water partition coefficient (Wildman–Crippen LogP) is 8.03. The molecule has 0 saturated carbocycles. The van der Waals surface area contributed by atoms with Crippen LogP contribution in [0.5, 0.6) is 0 Å². The molecule has 0 saturated heterocycles. The Morgan fingerprint density at radius 1 is 0.593 bits per heavy atom. The number of aromatic nitrogens is 2. The maximum atomic E-state index is 13.2. The van der Waals surface area contributed by atoms with E-state index in [4.69, 9.17) is 0 Å². The summed E-state index contributed by atoms with van der Waals surface area (Å²) < 4.78 is 3.55. The second kappa shape index (κ2) is 17.8. The number of benzene rings is 2. The molecule has 2 aromatic heterocycles. The zero-order valence-corrected chi connectivity index (χ0v) is 36.6. The fourth-order valence-corrected chi connectivity index (χ4v) is 10.4. The van der Waals surface area contributed by atoms with Crippen LogP contribution in [0, 0.1) is 11.8 Å². The third kappa shape index (κ3) is 7.74. The number of hydrogen-bond acceptors (Lipinski definition) is 6. The van der Waals surface area contributed by atoms with E-state index in [2.05, 4.69) is 47.9 Å². The quantitative estimate of drug-likeness (QED) is 0.153. The number of amides is 2. The molecule has 0 bridgehead atoms. The molecule has 2 amide bonds. The predicted molar refractivity (Wildman–Crippen MR) is 239 cm³/mol. The van der Waals surface area contributed by atoms with Crippen molar-refractivity contribution in [1.82, 2.24) is 28.7 Å². The topological polar surface area (TPSA) is 91.1 Å². The third-order valence-electron chi connectivity index (χ3n) is 13.3. The summed E-state index contributed by atoms with van der Waals surface area (Å²) in [5, 5.41) is 2.36. The summed E-state index contributed by atoms with van der Waals surface area (Å²) in [5.41, 5.74) is 9.34. The molecule has 8 rings (SSSR count). The first-order valence-corrected chi connectivity index (χ1v) is 22.3. The second-order valence-electron chi connectivity index (χ2n) is 16.7. The van der Waals surface area contributed by atoms with E-state index >= 15 is 0 Å². The fraction of sp³-hybridized carbons (Fsp3) is 0.510. The maximum absolute atomic E-state index is 13.2. The van der Waals surface area contributed by atoms with Crippen molar-refractivity contribution in [2.24, 2.45) is 11.8 Å². The molecule has 4 unspecified atom stereocenters. The van der Waals surface area contributed by atoms with Crippen molar-refractivity contribution in [3.8, 4) is 0 Å². The first-order valence-electron chi connectivity index (χ1n) is 22.3. The van der Waals surface area contributed by atoms with E-state index in [9.17, 15) is 19.2 Å². The second-order valence-corrected chi connectivity index (χ2v) is 16.7. The maximum Gasteiger partial charge on any atom is 0.230 e. The minimum atomic E-state index is -0.112. The van der Waals surface area contributed by atoms with Gasteiger partial charge in [0, 0.05) is 88.4 Å². The van der Waals surface area contributed by atoms with Gasteiger partial charge in [-0.2, -0.15) is 0 Å². The Balaban J connectivity index is 0.000000179. The van der Waals surface area contributed by atoms with Crippen molar-refractivity contribution in [3.05, 3.63) is 83.2 Å². The highest BCUT2D eigenvalue weighted by Gasteiger charge is 2.40. The molecule has 59 heavy (non-hydrogen) atoms. The van der Waals surface area contributed by atoms with E-state index in [0.717, 1.165) is 95.5 Å². The molecular formula is C49H64N6O4. The molecule has 4 atom stereocenters. The van der Waals surface area contributed by atoms with Gasteiger partial charge in [-0.25, -0.2) is 0 Å². The van der Waals surface area contributed by atoms with E-state index in [-0.39, 0.29) is 47.5 Å². The standard InChI is InChI=1S/C25H33N3O2.C24H31N3O2/c1-5-8-12-27-15-19(25(30)26(6-2)7-3)13-21-20-10-9-11-22-24(20)18(14-23(21)27)16-28(22)17(4)29;1-5-11-26-14-18(24(29)25(6-2)7-3)12-20-19-9-8-10-21-23(19)17(13-22(20)26)15-27(21)16(4)28/h9-11,13,16,19,23H,5-8,12,14-15H2,1-4H3;8-10,12,15,18,22H,5-7,11,13-14H2,1-4H3. The van der Waals surface area contributed by atoms with Gasteiger partial charge in [0.1, 0.15) is 0 Å². The van der Waals surface area contributed by atoms with Crippen LogP contribution in [0.4, 0.5) is 0 Å². The molecule has 0 fully saturated rings. The van der Waals surface area contributed by atoms with E-state index < -0.39 is 0 Å². The third-order valence-corrected chi connectivity index (χ3v) is 13.3. The molecular weight excluding hydrogens is 737 g/mol. The highest BCUT2D eigenvalue weighted by atomic mass is 16.2. The smallest absolute Gasteiger partial charge is 0.230 e. The van der Waals surface area contributed by atoms with E-state index in [0.29, 0.717) is 0 Å². The van der Waals surface area contributed by atoms with Crippen LogP contribution in [-0.4, -0.2) is 117 Å². The zero-order chi connectivity index (χ0) is 42.1. The Hall–Kier alpha value is -4.80. The molecule has 0 radical (unpaired) electrons. The van der Waals surface area contributed by atoms with Crippen LogP contribution in [0.2, 0.25) is 0 Å². The van der Waals surface area contributed by atoms with Gasteiger partial charge in [-0.1, -0.05) is 56.7 Å². The summed E-state index contributed by atoms with van der Waals surface area (Å²) in [5.74, 6) is 0.309. The SMILES string of the molecule is CCCCN1CC(C(=O)N(CC)CC)C=C2c3cccc4c3c(cn4C(C)=O)CC21.CCCN1CC(C(=O)N(CC)CC)C=C2c3cccc4c3c(cn4C(C)=O)CC21. The van der Waals surface area contributed by atoms with Crippen LogP contribution in [-0.2, 0) is 22.4 Å². The highest BCUT2D eigenvalue weighted by Crippen LogP contribution is 2.44. The van der Waals surface area contributed by atoms with Crippen molar-refractivity contribution in [1.29, 1.82) is 0 Å². The lowest BCUT2D eigenvalue weighted by Gasteiger charge is -2.42. The Labute approximate surface area is 350 Å².